The van der Waals surface area contributed by atoms with Gasteiger partial charge in [0.2, 0.25) is 0 Å². The molecule has 0 bridgehead atoms. The Morgan fingerprint density at radius 3 is 2.57 bits per heavy atom. The minimum absolute atomic E-state index is 0.174. The molecule has 9 nitrogen and oxygen atoms in total. The third kappa shape index (κ3) is 5.43. The van der Waals surface area contributed by atoms with E-state index in [1.807, 2.05) is 6.20 Å². The molecule has 196 valence electrons. The summed E-state index contributed by atoms with van der Waals surface area (Å²) in [6.07, 6.45) is 4.58. The average Bonchev–Trinajstić information content (AvgIpc) is 3.28. The molecular weight excluding hydrogens is 483 g/mol. The minimum atomic E-state index is -4.50. The van der Waals surface area contributed by atoms with Gasteiger partial charge in [0.05, 0.1) is 11.3 Å². The molecule has 0 saturated carbocycles. The van der Waals surface area contributed by atoms with Crippen LogP contribution in [0, 0.1) is 0 Å². The first-order valence-corrected chi connectivity index (χ1v) is 12.4. The van der Waals surface area contributed by atoms with E-state index in [0.717, 1.165) is 69.8 Å². The number of anilines is 2. The molecular formula is C25H30F3N9. The predicted molar refractivity (Wildman–Crippen MR) is 136 cm³/mol. The Bertz CT molecular complexity index is 1260. The quantitative estimate of drug-likeness (QED) is 0.483. The van der Waals surface area contributed by atoms with E-state index >= 15 is 0 Å². The first-order valence-electron chi connectivity index (χ1n) is 12.4. The lowest BCUT2D eigenvalue weighted by molar-refractivity contribution is -0.141. The maximum Gasteiger partial charge on any atom is 0.433 e. The fourth-order valence-electron chi connectivity index (χ4n) is 4.93. The van der Waals surface area contributed by atoms with Crippen molar-refractivity contribution in [1.29, 1.82) is 0 Å². The predicted octanol–water partition coefficient (Wildman–Crippen LogP) is 3.47. The Hall–Kier alpha value is -3.54. The molecule has 0 amide bonds. The van der Waals surface area contributed by atoms with E-state index in [1.165, 1.54) is 18.9 Å². The molecule has 2 aliphatic rings. The van der Waals surface area contributed by atoms with Crippen LogP contribution in [0.1, 0.15) is 42.3 Å². The summed E-state index contributed by atoms with van der Waals surface area (Å²) in [6.45, 7) is 5.30. The van der Waals surface area contributed by atoms with Crippen molar-refractivity contribution in [2.75, 3.05) is 50.4 Å². The summed E-state index contributed by atoms with van der Waals surface area (Å²) in [7, 11) is 1.68. The fourth-order valence-corrected chi connectivity index (χ4v) is 4.93. The second-order valence-corrected chi connectivity index (χ2v) is 9.45. The zero-order chi connectivity index (χ0) is 26.0. The number of nitrogens with zero attached hydrogens (tertiary/aromatic N) is 8. The largest absolute Gasteiger partial charge is 0.433 e. The van der Waals surface area contributed by atoms with E-state index in [1.54, 1.807) is 19.3 Å². The summed E-state index contributed by atoms with van der Waals surface area (Å²) < 4.78 is 41.9. The van der Waals surface area contributed by atoms with Gasteiger partial charge < -0.3 is 20.1 Å². The molecule has 0 atom stereocenters. The number of aromatic nitrogens is 5. The van der Waals surface area contributed by atoms with Crippen molar-refractivity contribution in [2.24, 2.45) is 4.99 Å². The molecule has 37 heavy (non-hydrogen) atoms. The fraction of sp³-hybridized carbons (Fsp3) is 0.480. The maximum absolute atomic E-state index is 13.3. The van der Waals surface area contributed by atoms with Gasteiger partial charge in [0.25, 0.3) is 0 Å². The van der Waals surface area contributed by atoms with Gasteiger partial charge >= 0.3 is 6.18 Å². The van der Waals surface area contributed by atoms with Gasteiger partial charge in [-0.25, -0.2) is 15.0 Å². The van der Waals surface area contributed by atoms with Crippen LogP contribution in [0.5, 0.6) is 0 Å². The van der Waals surface area contributed by atoms with Crippen molar-refractivity contribution in [2.45, 2.75) is 37.9 Å². The van der Waals surface area contributed by atoms with E-state index < -0.39 is 11.9 Å². The molecule has 2 N–H and O–H groups in total. The monoisotopic (exact) mass is 513 g/mol. The van der Waals surface area contributed by atoms with Crippen LogP contribution in [-0.4, -0.2) is 75.4 Å². The van der Waals surface area contributed by atoms with Crippen LogP contribution < -0.4 is 10.6 Å². The van der Waals surface area contributed by atoms with Gasteiger partial charge in [-0.2, -0.15) is 13.2 Å². The SMILES string of the molecule is CN=Cc1c(N)ncnc1N1CCC(c2nc(-c3ccnc(C(F)(F)F)c3)cn2CCN2CCC2)CC1. The number of imidazole rings is 1. The normalized spacial score (nSPS) is 17.5. The molecule has 0 aromatic carbocycles. The van der Waals surface area contributed by atoms with Gasteiger partial charge in [-0.15, -0.1) is 0 Å². The van der Waals surface area contributed by atoms with Gasteiger partial charge in [-0.1, -0.05) is 0 Å². The van der Waals surface area contributed by atoms with Gasteiger partial charge in [0, 0.05) is 63.3 Å². The highest BCUT2D eigenvalue weighted by molar-refractivity contribution is 5.91. The lowest BCUT2D eigenvalue weighted by Crippen LogP contribution is -2.39. The molecule has 3 aromatic rings. The topological polar surface area (TPSA) is 101 Å². The zero-order valence-corrected chi connectivity index (χ0v) is 20.7. The molecule has 5 heterocycles. The Morgan fingerprint density at radius 1 is 1.11 bits per heavy atom. The van der Waals surface area contributed by atoms with Crippen LogP contribution in [-0.2, 0) is 12.7 Å². The summed E-state index contributed by atoms with van der Waals surface area (Å²) in [4.78, 5) is 25.5. The summed E-state index contributed by atoms with van der Waals surface area (Å²) in [5.74, 6) is 2.24. The van der Waals surface area contributed by atoms with E-state index in [4.69, 9.17) is 10.7 Å². The number of rotatable bonds is 7. The summed E-state index contributed by atoms with van der Waals surface area (Å²) in [5.41, 5.74) is 6.82. The second-order valence-electron chi connectivity index (χ2n) is 9.45. The Kier molecular flexibility index (Phi) is 7.09. The molecule has 0 aliphatic carbocycles. The van der Waals surface area contributed by atoms with E-state index in [0.29, 0.717) is 22.6 Å². The molecule has 2 aliphatic heterocycles. The van der Waals surface area contributed by atoms with Crippen LogP contribution in [0.2, 0.25) is 0 Å². The number of hydrogen-bond acceptors (Lipinski definition) is 8. The van der Waals surface area contributed by atoms with Crippen molar-refractivity contribution in [3.8, 4) is 11.3 Å². The third-order valence-corrected chi connectivity index (χ3v) is 7.07. The van der Waals surface area contributed by atoms with Crippen LogP contribution >= 0.6 is 0 Å². The highest BCUT2D eigenvalue weighted by Crippen LogP contribution is 2.34. The number of hydrogen-bond donors (Lipinski definition) is 1. The van der Waals surface area contributed by atoms with Crippen LogP contribution in [0.4, 0.5) is 24.8 Å². The Labute approximate surface area is 213 Å². The third-order valence-electron chi connectivity index (χ3n) is 7.07. The van der Waals surface area contributed by atoms with Gasteiger partial charge in [0.15, 0.2) is 0 Å². The van der Waals surface area contributed by atoms with Crippen molar-refractivity contribution in [3.63, 3.8) is 0 Å². The Morgan fingerprint density at radius 2 is 1.89 bits per heavy atom. The number of likely N-dealkylation sites (tertiary alicyclic amines) is 1. The molecule has 12 heteroatoms. The average molecular weight is 514 g/mol. The molecule has 0 radical (unpaired) electrons. The number of nitrogen functional groups attached to an aromatic ring is 1. The summed E-state index contributed by atoms with van der Waals surface area (Å²) >= 11 is 0. The van der Waals surface area contributed by atoms with Crippen molar-refractivity contribution < 1.29 is 13.2 Å². The smallest absolute Gasteiger partial charge is 0.383 e. The van der Waals surface area contributed by atoms with Crippen molar-refractivity contribution in [3.05, 3.63) is 47.9 Å². The van der Waals surface area contributed by atoms with E-state index in [9.17, 15) is 13.2 Å². The molecule has 5 rings (SSSR count). The van der Waals surface area contributed by atoms with Gasteiger partial charge in [-0.05, 0) is 44.5 Å². The highest BCUT2D eigenvalue weighted by atomic mass is 19.4. The first kappa shape index (κ1) is 25.1. The standard InChI is InChI=1S/C25H30F3N9/c1-30-14-19-22(29)32-16-33-24(19)36-9-4-17(5-10-36)23-34-20(15-37(23)12-11-35-7-2-8-35)18-3-6-31-21(13-18)25(26,27)28/h3,6,13-17H,2,4-5,7-12H2,1H3,(H2,29,32,33). The molecule has 0 unspecified atom stereocenters. The zero-order valence-electron chi connectivity index (χ0n) is 20.7. The summed E-state index contributed by atoms with van der Waals surface area (Å²) in [5, 5.41) is 0. The highest BCUT2D eigenvalue weighted by Gasteiger charge is 2.33. The number of aliphatic imine (C=N–C) groups is 1. The van der Waals surface area contributed by atoms with Gasteiger partial charge in [0.1, 0.15) is 29.5 Å². The number of piperidine rings is 1. The number of nitrogens with two attached hydrogens (primary N) is 1. The number of halogens is 3. The van der Waals surface area contributed by atoms with Crippen molar-refractivity contribution >= 4 is 17.9 Å². The lowest BCUT2D eigenvalue weighted by Gasteiger charge is -2.34. The molecule has 2 saturated heterocycles. The van der Waals surface area contributed by atoms with Gasteiger partial charge in [-0.3, -0.25) is 9.98 Å². The van der Waals surface area contributed by atoms with Crippen LogP contribution in [0.25, 0.3) is 11.3 Å². The molecule has 3 aromatic heterocycles. The minimum Gasteiger partial charge on any atom is -0.383 e. The van der Waals surface area contributed by atoms with Crippen molar-refractivity contribution in [1.82, 2.24) is 29.4 Å². The summed E-state index contributed by atoms with van der Waals surface area (Å²) in [6, 6.07) is 2.66. The second kappa shape index (κ2) is 10.4. The Balaban J connectivity index is 1.39. The van der Waals surface area contributed by atoms with Crippen LogP contribution in [0.3, 0.4) is 0 Å². The van der Waals surface area contributed by atoms with E-state index in [2.05, 4.69) is 34.3 Å². The lowest BCUT2D eigenvalue weighted by atomic mass is 9.95. The number of pyridine rings is 1. The maximum atomic E-state index is 13.3. The first-order chi connectivity index (χ1) is 17.8. The van der Waals surface area contributed by atoms with E-state index in [-0.39, 0.29) is 5.92 Å². The number of alkyl halides is 3. The molecule has 2 fully saturated rings. The van der Waals surface area contributed by atoms with Crippen LogP contribution in [0.15, 0.2) is 35.8 Å². The molecule has 0 spiro atoms.